The molecule has 1 aliphatic rings. The van der Waals surface area contributed by atoms with Crippen LogP contribution in [0.4, 0.5) is 10.8 Å². The number of allylic oxidation sites excluding steroid dienone is 3. The van der Waals surface area contributed by atoms with Gasteiger partial charge >= 0.3 is 0 Å². The topological polar surface area (TPSA) is 49.6 Å². The first-order chi connectivity index (χ1) is 11.7. The third kappa shape index (κ3) is 4.07. The highest BCUT2D eigenvalue weighted by atomic mass is 79.9. The number of thiazole rings is 1. The molecule has 122 valence electrons. The lowest BCUT2D eigenvalue weighted by atomic mass is 10.1. The van der Waals surface area contributed by atoms with Crippen LogP contribution in [0.3, 0.4) is 0 Å². The van der Waals surface area contributed by atoms with Gasteiger partial charge in [-0.3, -0.25) is 0 Å². The Labute approximate surface area is 153 Å². The van der Waals surface area contributed by atoms with Gasteiger partial charge in [0, 0.05) is 39.4 Å². The number of hydrogen-bond donors (Lipinski definition) is 1. The minimum atomic E-state index is 0.724. The Bertz CT molecular complexity index is 844. The van der Waals surface area contributed by atoms with E-state index in [9.17, 15) is 0 Å². The van der Waals surface area contributed by atoms with Gasteiger partial charge in [0.05, 0.1) is 5.69 Å². The monoisotopic (exact) mass is 400 g/mol. The number of halogens is 1. The van der Waals surface area contributed by atoms with Gasteiger partial charge in [0.15, 0.2) is 5.13 Å². The minimum Gasteiger partial charge on any atom is -0.332 e. The van der Waals surface area contributed by atoms with Crippen molar-refractivity contribution >= 4 is 55.7 Å². The molecular weight excluding hydrogens is 384 g/mol. The normalized spacial score (nSPS) is 14.9. The summed E-state index contributed by atoms with van der Waals surface area (Å²) >= 11 is 5.03. The molecule has 6 heteroatoms. The summed E-state index contributed by atoms with van der Waals surface area (Å²) in [4.78, 5) is 13.6. The molecule has 0 unspecified atom stereocenters. The Hall–Kier alpha value is -2.05. The average molecular weight is 401 g/mol. The highest BCUT2D eigenvalue weighted by Gasteiger charge is 2.18. The summed E-state index contributed by atoms with van der Waals surface area (Å²) in [6.07, 6.45) is 6.34. The lowest BCUT2D eigenvalue weighted by molar-refractivity contribution is 1.28. The van der Waals surface area contributed by atoms with Crippen LogP contribution in [0, 0.1) is 0 Å². The van der Waals surface area contributed by atoms with Gasteiger partial charge in [0.2, 0.25) is 0 Å². The van der Waals surface area contributed by atoms with E-state index >= 15 is 0 Å². The van der Waals surface area contributed by atoms with Crippen molar-refractivity contribution in [1.29, 1.82) is 0 Å². The van der Waals surface area contributed by atoms with E-state index in [1.807, 2.05) is 50.3 Å². The van der Waals surface area contributed by atoms with E-state index in [2.05, 4.69) is 41.6 Å². The first-order valence-corrected chi connectivity index (χ1v) is 9.24. The Morgan fingerprint density at radius 1 is 1.29 bits per heavy atom. The predicted octanol–water partition coefficient (Wildman–Crippen LogP) is 5.83. The summed E-state index contributed by atoms with van der Waals surface area (Å²) < 4.78 is 1.06. The average Bonchev–Trinajstić information content (AvgIpc) is 3.16. The number of benzene rings is 1. The predicted molar refractivity (Wildman–Crippen MR) is 107 cm³/mol. The highest BCUT2D eigenvalue weighted by Crippen LogP contribution is 2.32. The van der Waals surface area contributed by atoms with E-state index in [4.69, 9.17) is 0 Å². The molecule has 0 radical (unpaired) electrons. The Morgan fingerprint density at radius 2 is 2.08 bits per heavy atom. The molecule has 24 heavy (non-hydrogen) atoms. The zero-order valence-electron chi connectivity index (χ0n) is 13.5. The fourth-order valence-electron chi connectivity index (χ4n) is 2.28. The van der Waals surface area contributed by atoms with Crippen LogP contribution >= 0.6 is 27.3 Å². The summed E-state index contributed by atoms with van der Waals surface area (Å²) in [7, 11) is 0. The van der Waals surface area contributed by atoms with Gasteiger partial charge < -0.3 is 5.32 Å². The summed E-state index contributed by atoms with van der Waals surface area (Å²) in [6, 6.07) is 8.04. The van der Waals surface area contributed by atoms with Gasteiger partial charge in [-0.2, -0.15) is 0 Å². The molecule has 0 bridgehead atoms. The van der Waals surface area contributed by atoms with Crippen molar-refractivity contribution in [3.8, 4) is 0 Å². The van der Waals surface area contributed by atoms with Gasteiger partial charge in [-0.05, 0) is 44.2 Å². The van der Waals surface area contributed by atoms with Crippen molar-refractivity contribution in [2.75, 3.05) is 5.32 Å². The highest BCUT2D eigenvalue weighted by molar-refractivity contribution is 9.10. The lowest BCUT2D eigenvalue weighted by Gasteiger charge is -2.02. The van der Waals surface area contributed by atoms with E-state index in [0.717, 1.165) is 44.5 Å². The van der Waals surface area contributed by atoms with Gasteiger partial charge in [0.25, 0.3) is 0 Å². The molecule has 2 heterocycles. The fraction of sp³-hybridized carbons (Fsp3) is 0.167. The van der Waals surface area contributed by atoms with Crippen molar-refractivity contribution in [2.24, 2.45) is 9.98 Å². The van der Waals surface area contributed by atoms with Gasteiger partial charge in [-0.1, -0.05) is 22.0 Å². The molecule has 0 fully saturated rings. The molecular formula is C18H17BrN4S. The Balaban J connectivity index is 1.70. The Morgan fingerprint density at radius 3 is 2.83 bits per heavy atom. The number of rotatable bonds is 4. The van der Waals surface area contributed by atoms with Crippen molar-refractivity contribution in [3.05, 3.63) is 57.7 Å². The second-order valence-corrected chi connectivity index (χ2v) is 7.02. The van der Waals surface area contributed by atoms with Crippen LogP contribution in [0.2, 0.25) is 0 Å². The molecule has 1 aliphatic heterocycles. The molecule has 0 spiro atoms. The van der Waals surface area contributed by atoms with Crippen LogP contribution in [0.15, 0.2) is 62.0 Å². The van der Waals surface area contributed by atoms with Crippen molar-refractivity contribution in [2.45, 2.75) is 20.3 Å². The number of hydrogen-bond acceptors (Lipinski definition) is 5. The second kappa shape index (κ2) is 7.68. The molecule has 0 aliphatic carbocycles. The van der Waals surface area contributed by atoms with Crippen LogP contribution in [0.5, 0.6) is 0 Å². The summed E-state index contributed by atoms with van der Waals surface area (Å²) in [5, 5.41) is 6.27. The molecule has 0 saturated carbocycles. The molecule has 1 aromatic heterocycles. The maximum atomic E-state index is 4.69. The third-order valence-electron chi connectivity index (χ3n) is 3.48. The molecule has 0 saturated heterocycles. The Kier molecular flexibility index (Phi) is 5.37. The standard InChI is InChI=1S/C18H17BrN4S/c1-3-4-9-20-17-10-15(12(2)21-17)16-11-24-18(23-16)22-14-7-5-13(19)6-8-14/h3-9,11H,10H2,1-2H3,(H,22,23)/b4-3-,20-9-. The maximum Gasteiger partial charge on any atom is 0.187 e. The number of aliphatic imine (C=N–C) groups is 2. The van der Waals surface area contributed by atoms with Crippen LogP contribution < -0.4 is 5.32 Å². The van der Waals surface area contributed by atoms with Crippen LogP contribution in [-0.2, 0) is 0 Å². The van der Waals surface area contributed by atoms with E-state index in [1.165, 1.54) is 0 Å². The summed E-state index contributed by atoms with van der Waals surface area (Å²) in [6.45, 7) is 3.97. The molecule has 0 amide bonds. The van der Waals surface area contributed by atoms with Gasteiger partial charge in [0.1, 0.15) is 5.84 Å². The number of aromatic nitrogens is 1. The van der Waals surface area contributed by atoms with Gasteiger partial charge in [-0.15, -0.1) is 11.3 Å². The van der Waals surface area contributed by atoms with E-state index in [-0.39, 0.29) is 0 Å². The molecule has 1 aromatic carbocycles. The second-order valence-electron chi connectivity index (χ2n) is 5.24. The fourth-order valence-corrected chi connectivity index (χ4v) is 3.29. The quantitative estimate of drug-likeness (QED) is 0.656. The smallest absolute Gasteiger partial charge is 0.187 e. The number of anilines is 2. The third-order valence-corrected chi connectivity index (χ3v) is 4.77. The molecule has 2 aromatic rings. The zero-order chi connectivity index (χ0) is 16.9. The van der Waals surface area contributed by atoms with E-state index < -0.39 is 0 Å². The van der Waals surface area contributed by atoms with Gasteiger partial charge in [-0.25, -0.2) is 15.0 Å². The molecule has 4 nitrogen and oxygen atoms in total. The number of nitrogens with one attached hydrogen (secondary N) is 1. The molecule has 3 rings (SSSR count). The van der Waals surface area contributed by atoms with Crippen molar-refractivity contribution < 1.29 is 0 Å². The van der Waals surface area contributed by atoms with Crippen molar-refractivity contribution in [1.82, 2.24) is 4.98 Å². The van der Waals surface area contributed by atoms with E-state index in [0.29, 0.717) is 0 Å². The first kappa shape index (κ1) is 16.8. The summed E-state index contributed by atoms with van der Waals surface area (Å²) in [5.74, 6) is 0.830. The first-order valence-electron chi connectivity index (χ1n) is 7.57. The van der Waals surface area contributed by atoms with Crippen LogP contribution in [-0.4, -0.2) is 17.0 Å². The maximum absolute atomic E-state index is 4.69. The number of amidine groups is 1. The molecule has 0 atom stereocenters. The zero-order valence-corrected chi connectivity index (χ0v) is 15.9. The summed E-state index contributed by atoms with van der Waals surface area (Å²) in [5.41, 5.74) is 4.12. The SMILES string of the molecule is C/C=C\C=N/C1=NC(C)=C(c2csc(Nc3ccc(Br)cc3)n2)C1. The lowest BCUT2D eigenvalue weighted by Crippen LogP contribution is -1.93. The van der Waals surface area contributed by atoms with Crippen LogP contribution in [0.25, 0.3) is 5.57 Å². The number of nitrogens with zero attached hydrogens (tertiary/aromatic N) is 3. The van der Waals surface area contributed by atoms with Crippen LogP contribution in [0.1, 0.15) is 26.0 Å². The molecule has 1 N–H and O–H groups in total. The minimum absolute atomic E-state index is 0.724. The van der Waals surface area contributed by atoms with Crippen molar-refractivity contribution in [3.63, 3.8) is 0 Å². The largest absolute Gasteiger partial charge is 0.332 e. The van der Waals surface area contributed by atoms with E-state index in [1.54, 1.807) is 17.6 Å².